The van der Waals surface area contributed by atoms with Gasteiger partial charge in [-0.2, -0.15) is 0 Å². The van der Waals surface area contributed by atoms with E-state index in [0.717, 1.165) is 0 Å². The summed E-state index contributed by atoms with van der Waals surface area (Å²) >= 11 is 0. The molecule has 58 valence electrons. The van der Waals surface area contributed by atoms with Gasteiger partial charge in [0, 0.05) is 18.2 Å². The zero-order valence-corrected chi connectivity index (χ0v) is 6.00. The molecule has 3 heteroatoms. The molecule has 0 saturated carbocycles. The second-order valence-corrected chi connectivity index (χ2v) is 2.27. The standard InChI is InChI=1S/C8H9NO2/c1-6(10)5-7-3-2-4-9-8(7)11/h2-4,10H,1,5H2,(H,9,11). The van der Waals surface area contributed by atoms with Crippen LogP contribution in [0, 0.1) is 0 Å². The molecule has 0 atom stereocenters. The van der Waals surface area contributed by atoms with Gasteiger partial charge in [-0.05, 0) is 6.07 Å². The van der Waals surface area contributed by atoms with Crippen LogP contribution in [0.25, 0.3) is 0 Å². The summed E-state index contributed by atoms with van der Waals surface area (Å²) in [5.74, 6) is 0.00157. The van der Waals surface area contributed by atoms with E-state index >= 15 is 0 Å². The summed E-state index contributed by atoms with van der Waals surface area (Å²) in [5, 5.41) is 8.78. The summed E-state index contributed by atoms with van der Waals surface area (Å²) in [7, 11) is 0. The molecular weight excluding hydrogens is 142 g/mol. The van der Waals surface area contributed by atoms with Crippen molar-refractivity contribution in [3.05, 3.63) is 46.6 Å². The Morgan fingerprint density at radius 2 is 2.45 bits per heavy atom. The Hall–Kier alpha value is -1.51. The Labute approximate surface area is 64.0 Å². The van der Waals surface area contributed by atoms with Gasteiger partial charge in [-0.15, -0.1) is 0 Å². The van der Waals surface area contributed by atoms with Crippen molar-refractivity contribution in [1.29, 1.82) is 0 Å². The fourth-order valence-corrected chi connectivity index (χ4v) is 0.815. The number of aromatic amines is 1. The summed E-state index contributed by atoms with van der Waals surface area (Å²) in [6, 6.07) is 3.36. The number of aromatic nitrogens is 1. The number of aliphatic hydroxyl groups excluding tert-OH is 1. The van der Waals surface area contributed by atoms with Crippen LogP contribution in [0.1, 0.15) is 5.56 Å². The number of pyridine rings is 1. The smallest absolute Gasteiger partial charge is 0.251 e. The first-order chi connectivity index (χ1) is 5.20. The van der Waals surface area contributed by atoms with Crippen LogP contribution >= 0.6 is 0 Å². The van der Waals surface area contributed by atoms with E-state index in [1.54, 1.807) is 18.3 Å². The predicted molar refractivity (Wildman–Crippen MR) is 42.5 cm³/mol. The van der Waals surface area contributed by atoms with Crippen molar-refractivity contribution in [3.8, 4) is 0 Å². The molecule has 0 amide bonds. The van der Waals surface area contributed by atoms with Crippen molar-refractivity contribution in [3.63, 3.8) is 0 Å². The third kappa shape index (κ3) is 1.97. The van der Waals surface area contributed by atoms with Gasteiger partial charge in [-0.3, -0.25) is 4.79 Å². The van der Waals surface area contributed by atoms with Gasteiger partial charge in [0.25, 0.3) is 5.56 Å². The molecule has 1 aromatic rings. The molecule has 0 unspecified atom stereocenters. The minimum Gasteiger partial charge on any atom is -0.513 e. The van der Waals surface area contributed by atoms with Gasteiger partial charge in [0.05, 0.1) is 5.76 Å². The van der Waals surface area contributed by atoms with Crippen molar-refractivity contribution >= 4 is 0 Å². The van der Waals surface area contributed by atoms with E-state index in [9.17, 15) is 4.79 Å². The molecule has 11 heavy (non-hydrogen) atoms. The average Bonchev–Trinajstić information content (AvgIpc) is 1.93. The maximum Gasteiger partial charge on any atom is 0.251 e. The van der Waals surface area contributed by atoms with E-state index in [1.807, 2.05) is 0 Å². The summed E-state index contributed by atoms with van der Waals surface area (Å²) in [6.45, 7) is 3.29. The highest BCUT2D eigenvalue weighted by Gasteiger charge is 1.97. The van der Waals surface area contributed by atoms with E-state index in [1.165, 1.54) is 0 Å². The average molecular weight is 151 g/mol. The zero-order valence-electron chi connectivity index (χ0n) is 6.00. The Balaban J connectivity index is 2.95. The highest BCUT2D eigenvalue weighted by atomic mass is 16.3. The maximum absolute atomic E-state index is 10.9. The lowest BCUT2D eigenvalue weighted by molar-refractivity contribution is 0.401. The van der Waals surface area contributed by atoms with Crippen LogP contribution in [0.3, 0.4) is 0 Å². The van der Waals surface area contributed by atoms with Gasteiger partial charge in [0.15, 0.2) is 0 Å². The Morgan fingerprint density at radius 1 is 1.73 bits per heavy atom. The molecule has 0 aliphatic heterocycles. The molecule has 1 aromatic heterocycles. The second kappa shape index (κ2) is 3.05. The highest BCUT2D eigenvalue weighted by molar-refractivity contribution is 5.13. The fourth-order valence-electron chi connectivity index (χ4n) is 0.815. The normalized spacial score (nSPS) is 9.45. The first-order valence-electron chi connectivity index (χ1n) is 3.23. The number of hydrogen-bond donors (Lipinski definition) is 2. The molecule has 1 rings (SSSR count). The van der Waals surface area contributed by atoms with Gasteiger partial charge >= 0.3 is 0 Å². The van der Waals surface area contributed by atoms with Gasteiger partial charge in [0.2, 0.25) is 0 Å². The number of aliphatic hydroxyl groups is 1. The summed E-state index contributed by atoms with van der Waals surface area (Å²) in [5.41, 5.74) is 0.350. The number of hydrogen-bond acceptors (Lipinski definition) is 2. The maximum atomic E-state index is 10.9. The van der Waals surface area contributed by atoms with Crippen LogP contribution < -0.4 is 5.56 Å². The van der Waals surface area contributed by atoms with Crippen LogP contribution in [0.5, 0.6) is 0 Å². The Bertz CT molecular complexity index is 314. The summed E-state index contributed by atoms with van der Waals surface area (Å²) in [6.07, 6.45) is 1.77. The second-order valence-electron chi connectivity index (χ2n) is 2.27. The fraction of sp³-hybridized carbons (Fsp3) is 0.125. The summed E-state index contributed by atoms with van der Waals surface area (Å²) < 4.78 is 0. The molecule has 0 radical (unpaired) electrons. The SMILES string of the molecule is C=C(O)Cc1ccc[nH]c1=O. The largest absolute Gasteiger partial charge is 0.513 e. The molecule has 0 aliphatic carbocycles. The van der Waals surface area contributed by atoms with Crippen molar-refractivity contribution in [1.82, 2.24) is 4.98 Å². The molecule has 0 aromatic carbocycles. The van der Waals surface area contributed by atoms with Crippen LogP contribution in [0.4, 0.5) is 0 Å². The minimum atomic E-state index is -0.178. The van der Waals surface area contributed by atoms with E-state index in [-0.39, 0.29) is 17.7 Å². The number of nitrogens with one attached hydrogen (secondary N) is 1. The Morgan fingerprint density at radius 3 is 3.00 bits per heavy atom. The van der Waals surface area contributed by atoms with E-state index in [0.29, 0.717) is 5.56 Å². The molecule has 0 spiro atoms. The number of H-pyrrole nitrogens is 1. The first-order valence-corrected chi connectivity index (χ1v) is 3.23. The van der Waals surface area contributed by atoms with Crippen molar-refractivity contribution < 1.29 is 5.11 Å². The van der Waals surface area contributed by atoms with Gasteiger partial charge < -0.3 is 10.1 Å². The molecule has 3 nitrogen and oxygen atoms in total. The van der Waals surface area contributed by atoms with E-state index in [2.05, 4.69) is 11.6 Å². The number of rotatable bonds is 2. The summed E-state index contributed by atoms with van der Waals surface area (Å²) in [4.78, 5) is 13.4. The minimum absolute atomic E-state index is 0.00157. The van der Waals surface area contributed by atoms with Crippen LogP contribution in [-0.4, -0.2) is 10.1 Å². The van der Waals surface area contributed by atoms with Gasteiger partial charge in [-0.25, -0.2) is 0 Å². The third-order valence-electron chi connectivity index (χ3n) is 1.29. The topological polar surface area (TPSA) is 53.1 Å². The molecule has 0 saturated heterocycles. The third-order valence-corrected chi connectivity index (χ3v) is 1.29. The first kappa shape index (κ1) is 7.60. The molecule has 0 aliphatic rings. The molecular formula is C8H9NO2. The predicted octanol–water partition coefficient (Wildman–Crippen LogP) is 0.989. The van der Waals surface area contributed by atoms with Crippen LogP contribution in [-0.2, 0) is 6.42 Å². The lowest BCUT2D eigenvalue weighted by atomic mass is 10.2. The Kier molecular flexibility index (Phi) is 2.11. The van der Waals surface area contributed by atoms with Gasteiger partial charge in [0.1, 0.15) is 0 Å². The van der Waals surface area contributed by atoms with Crippen molar-refractivity contribution in [2.75, 3.05) is 0 Å². The molecule has 1 heterocycles. The molecule has 0 fully saturated rings. The lowest BCUT2D eigenvalue weighted by Gasteiger charge is -1.95. The molecule has 2 N–H and O–H groups in total. The van der Waals surface area contributed by atoms with Gasteiger partial charge in [-0.1, -0.05) is 12.6 Å². The zero-order chi connectivity index (χ0) is 8.27. The molecule has 0 bridgehead atoms. The van der Waals surface area contributed by atoms with Crippen molar-refractivity contribution in [2.24, 2.45) is 0 Å². The quantitative estimate of drug-likeness (QED) is 0.619. The number of allylic oxidation sites excluding steroid dienone is 1. The van der Waals surface area contributed by atoms with E-state index in [4.69, 9.17) is 5.11 Å². The van der Waals surface area contributed by atoms with Crippen molar-refractivity contribution in [2.45, 2.75) is 6.42 Å². The lowest BCUT2D eigenvalue weighted by Crippen LogP contribution is -2.11. The van der Waals surface area contributed by atoms with Crippen LogP contribution in [0.15, 0.2) is 35.5 Å². The highest BCUT2D eigenvalue weighted by Crippen LogP contribution is 1.96. The van der Waals surface area contributed by atoms with E-state index < -0.39 is 0 Å². The van der Waals surface area contributed by atoms with Crippen LogP contribution in [0.2, 0.25) is 0 Å². The monoisotopic (exact) mass is 151 g/mol.